The van der Waals surface area contributed by atoms with Gasteiger partial charge in [0.15, 0.2) is 0 Å². The molecular weight excluding hydrogens is 312 g/mol. The van der Waals surface area contributed by atoms with Crippen LogP contribution in [0.4, 0.5) is 5.69 Å². The van der Waals surface area contributed by atoms with Crippen LogP contribution >= 0.6 is 0 Å². The first kappa shape index (κ1) is 17.1. The van der Waals surface area contributed by atoms with Crippen LogP contribution in [0, 0.1) is 6.92 Å². The van der Waals surface area contributed by atoms with Crippen molar-refractivity contribution in [1.29, 1.82) is 0 Å². The van der Waals surface area contributed by atoms with E-state index in [9.17, 15) is 4.79 Å². The van der Waals surface area contributed by atoms with Gasteiger partial charge in [0, 0.05) is 37.9 Å². The van der Waals surface area contributed by atoms with Crippen LogP contribution in [0.5, 0.6) is 5.75 Å². The number of carbonyl (C=O) groups is 1. The van der Waals surface area contributed by atoms with Crippen molar-refractivity contribution in [2.45, 2.75) is 6.92 Å². The summed E-state index contributed by atoms with van der Waals surface area (Å²) in [4.78, 5) is 16.7. The molecule has 0 bridgehead atoms. The lowest BCUT2D eigenvalue weighted by molar-refractivity contribution is -0.126. The van der Waals surface area contributed by atoms with E-state index in [0.717, 1.165) is 37.5 Å². The third kappa shape index (κ3) is 4.41. The molecule has 3 rings (SSSR count). The SMILES string of the molecule is COc1cccc(/C=C/C(=O)N2CCN(c3cccc(C)c3)CC2)c1. The van der Waals surface area contributed by atoms with E-state index in [2.05, 4.69) is 36.1 Å². The second kappa shape index (κ2) is 7.88. The van der Waals surface area contributed by atoms with Crippen molar-refractivity contribution >= 4 is 17.7 Å². The Morgan fingerprint density at radius 2 is 1.80 bits per heavy atom. The van der Waals surface area contributed by atoms with Gasteiger partial charge in [-0.1, -0.05) is 24.3 Å². The summed E-state index contributed by atoms with van der Waals surface area (Å²) in [5, 5.41) is 0. The highest BCUT2D eigenvalue weighted by Gasteiger charge is 2.19. The molecule has 0 spiro atoms. The zero-order valence-electron chi connectivity index (χ0n) is 14.8. The van der Waals surface area contributed by atoms with Crippen molar-refractivity contribution < 1.29 is 9.53 Å². The van der Waals surface area contributed by atoms with Crippen molar-refractivity contribution in [2.24, 2.45) is 0 Å². The monoisotopic (exact) mass is 336 g/mol. The quantitative estimate of drug-likeness (QED) is 0.803. The third-order valence-corrected chi connectivity index (χ3v) is 4.47. The van der Waals surface area contributed by atoms with Gasteiger partial charge in [-0.3, -0.25) is 4.79 Å². The van der Waals surface area contributed by atoms with Gasteiger partial charge in [0.2, 0.25) is 5.91 Å². The molecule has 0 radical (unpaired) electrons. The summed E-state index contributed by atoms with van der Waals surface area (Å²) < 4.78 is 5.21. The van der Waals surface area contributed by atoms with Crippen LogP contribution in [0.15, 0.2) is 54.6 Å². The smallest absolute Gasteiger partial charge is 0.246 e. The van der Waals surface area contributed by atoms with Gasteiger partial charge in [-0.2, -0.15) is 0 Å². The molecule has 2 aromatic carbocycles. The van der Waals surface area contributed by atoms with E-state index < -0.39 is 0 Å². The molecule has 130 valence electrons. The van der Waals surface area contributed by atoms with E-state index in [4.69, 9.17) is 4.74 Å². The summed E-state index contributed by atoms with van der Waals surface area (Å²) in [7, 11) is 1.64. The van der Waals surface area contributed by atoms with Crippen molar-refractivity contribution in [3.63, 3.8) is 0 Å². The molecule has 1 saturated heterocycles. The number of aryl methyl sites for hydroxylation is 1. The lowest BCUT2D eigenvalue weighted by Gasteiger charge is -2.35. The number of piperazine rings is 1. The number of anilines is 1. The maximum Gasteiger partial charge on any atom is 0.246 e. The molecule has 1 aliphatic rings. The zero-order valence-corrected chi connectivity index (χ0v) is 14.8. The Morgan fingerprint density at radius 1 is 1.04 bits per heavy atom. The van der Waals surface area contributed by atoms with Gasteiger partial charge in [0.1, 0.15) is 5.75 Å². The molecule has 2 aromatic rings. The van der Waals surface area contributed by atoms with Crippen molar-refractivity contribution in [2.75, 3.05) is 38.2 Å². The Kier molecular flexibility index (Phi) is 5.39. The summed E-state index contributed by atoms with van der Waals surface area (Å²) in [6.45, 7) is 5.32. The number of carbonyl (C=O) groups excluding carboxylic acids is 1. The molecule has 1 heterocycles. The van der Waals surface area contributed by atoms with Crippen LogP contribution in [0.1, 0.15) is 11.1 Å². The van der Waals surface area contributed by atoms with E-state index in [0.29, 0.717) is 0 Å². The Labute approximate surface area is 149 Å². The normalized spacial score (nSPS) is 14.8. The third-order valence-electron chi connectivity index (χ3n) is 4.47. The predicted molar refractivity (Wildman–Crippen MR) is 102 cm³/mol. The lowest BCUT2D eigenvalue weighted by Crippen LogP contribution is -2.48. The number of nitrogens with zero attached hydrogens (tertiary/aromatic N) is 2. The molecule has 1 amide bonds. The molecular formula is C21H24N2O2. The highest BCUT2D eigenvalue weighted by atomic mass is 16.5. The first-order valence-electron chi connectivity index (χ1n) is 8.58. The van der Waals surface area contributed by atoms with Gasteiger partial charge in [0.05, 0.1) is 7.11 Å². The number of amides is 1. The molecule has 0 aliphatic carbocycles. The van der Waals surface area contributed by atoms with Crippen LogP contribution < -0.4 is 9.64 Å². The molecule has 4 heteroatoms. The van der Waals surface area contributed by atoms with E-state index in [1.807, 2.05) is 35.2 Å². The van der Waals surface area contributed by atoms with Crippen molar-refractivity contribution in [3.8, 4) is 5.75 Å². The van der Waals surface area contributed by atoms with Crippen LogP contribution in [-0.2, 0) is 4.79 Å². The maximum atomic E-state index is 12.4. The Morgan fingerprint density at radius 3 is 2.52 bits per heavy atom. The summed E-state index contributed by atoms with van der Waals surface area (Å²) in [5.74, 6) is 0.855. The van der Waals surface area contributed by atoms with E-state index in [-0.39, 0.29) is 5.91 Å². The molecule has 0 atom stereocenters. The number of benzene rings is 2. The fraction of sp³-hybridized carbons (Fsp3) is 0.286. The average molecular weight is 336 g/mol. The molecule has 0 N–H and O–H groups in total. The molecule has 0 saturated carbocycles. The van der Waals surface area contributed by atoms with Gasteiger partial charge in [-0.05, 0) is 48.4 Å². The number of hydrogen-bond donors (Lipinski definition) is 0. The second-order valence-electron chi connectivity index (χ2n) is 6.26. The Bertz CT molecular complexity index is 762. The zero-order chi connectivity index (χ0) is 17.6. The van der Waals surface area contributed by atoms with Gasteiger partial charge in [0.25, 0.3) is 0 Å². The van der Waals surface area contributed by atoms with Crippen LogP contribution in [0.3, 0.4) is 0 Å². The van der Waals surface area contributed by atoms with Crippen LogP contribution in [0.2, 0.25) is 0 Å². The van der Waals surface area contributed by atoms with E-state index >= 15 is 0 Å². The second-order valence-corrected chi connectivity index (χ2v) is 6.26. The molecule has 0 unspecified atom stereocenters. The van der Waals surface area contributed by atoms with E-state index in [1.54, 1.807) is 13.2 Å². The van der Waals surface area contributed by atoms with Crippen LogP contribution in [0.25, 0.3) is 6.08 Å². The Hall–Kier alpha value is -2.75. The highest BCUT2D eigenvalue weighted by molar-refractivity contribution is 5.92. The lowest BCUT2D eigenvalue weighted by atomic mass is 10.2. The largest absolute Gasteiger partial charge is 0.497 e. The van der Waals surface area contributed by atoms with Gasteiger partial charge < -0.3 is 14.5 Å². The van der Waals surface area contributed by atoms with Crippen LogP contribution in [-0.4, -0.2) is 44.1 Å². The van der Waals surface area contributed by atoms with Crippen molar-refractivity contribution in [3.05, 3.63) is 65.7 Å². The van der Waals surface area contributed by atoms with E-state index in [1.165, 1.54) is 11.3 Å². The fourth-order valence-corrected chi connectivity index (χ4v) is 3.03. The molecule has 4 nitrogen and oxygen atoms in total. The summed E-state index contributed by atoms with van der Waals surface area (Å²) >= 11 is 0. The summed E-state index contributed by atoms with van der Waals surface area (Å²) in [6, 6.07) is 16.2. The first-order valence-corrected chi connectivity index (χ1v) is 8.58. The summed E-state index contributed by atoms with van der Waals surface area (Å²) in [6.07, 6.45) is 3.49. The molecule has 1 fully saturated rings. The fourth-order valence-electron chi connectivity index (χ4n) is 3.03. The molecule has 1 aliphatic heterocycles. The minimum atomic E-state index is 0.0618. The highest BCUT2D eigenvalue weighted by Crippen LogP contribution is 2.18. The van der Waals surface area contributed by atoms with Gasteiger partial charge in [-0.25, -0.2) is 0 Å². The number of methoxy groups -OCH3 is 1. The van der Waals surface area contributed by atoms with Crippen molar-refractivity contribution in [1.82, 2.24) is 4.90 Å². The minimum Gasteiger partial charge on any atom is -0.497 e. The number of ether oxygens (including phenoxy) is 1. The topological polar surface area (TPSA) is 32.8 Å². The number of hydrogen-bond acceptors (Lipinski definition) is 3. The van der Waals surface area contributed by atoms with Gasteiger partial charge >= 0.3 is 0 Å². The molecule has 0 aromatic heterocycles. The predicted octanol–water partition coefficient (Wildman–Crippen LogP) is 3.37. The van der Waals surface area contributed by atoms with Gasteiger partial charge in [-0.15, -0.1) is 0 Å². The maximum absolute atomic E-state index is 12.4. The standard InChI is InChI=1S/C21H24N2O2/c1-17-5-3-7-19(15-17)22-11-13-23(14-12-22)21(24)10-9-18-6-4-8-20(16-18)25-2/h3-10,15-16H,11-14H2,1-2H3/b10-9+. The average Bonchev–Trinajstić information content (AvgIpc) is 2.66. The Balaban J connectivity index is 1.57. The minimum absolute atomic E-state index is 0.0618. The summed E-state index contributed by atoms with van der Waals surface area (Å²) in [5.41, 5.74) is 3.46. The molecule has 25 heavy (non-hydrogen) atoms. The number of rotatable bonds is 4. The first-order chi connectivity index (χ1) is 12.2.